The van der Waals surface area contributed by atoms with Gasteiger partial charge in [-0.2, -0.15) is 0 Å². The number of halogens is 1. The Bertz CT molecular complexity index is 764. The monoisotopic (exact) mass is 478 g/mol. The number of rotatable bonds is 6. The molecule has 6 heteroatoms. The van der Waals surface area contributed by atoms with E-state index in [-0.39, 0.29) is 35.8 Å². The van der Waals surface area contributed by atoms with Crippen molar-refractivity contribution in [2.24, 2.45) is 4.99 Å². The Balaban J connectivity index is 0.00000261. The molecule has 0 aromatic heterocycles. The van der Waals surface area contributed by atoms with Gasteiger partial charge in [0.1, 0.15) is 0 Å². The second kappa shape index (κ2) is 10.9. The summed E-state index contributed by atoms with van der Waals surface area (Å²) in [6.07, 6.45) is 1.42. The van der Waals surface area contributed by atoms with Crippen molar-refractivity contribution in [2.45, 2.75) is 25.7 Å². The number of fused-ring (bicyclic) bond motifs is 1. The summed E-state index contributed by atoms with van der Waals surface area (Å²) in [6, 6.07) is 18.4. The number of para-hydroxylation sites is 1. The molecule has 1 unspecified atom stereocenters. The van der Waals surface area contributed by atoms with Gasteiger partial charge in [-0.3, -0.25) is 9.79 Å². The molecule has 1 amide bonds. The summed E-state index contributed by atoms with van der Waals surface area (Å²) < 4.78 is 0. The van der Waals surface area contributed by atoms with Crippen molar-refractivity contribution in [3.8, 4) is 0 Å². The molecule has 1 aliphatic heterocycles. The zero-order chi connectivity index (χ0) is 18.2. The normalized spacial score (nSPS) is 16.0. The van der Waals surface area contributed by atoms with Crippen molar-refractivity contribution >= 4 is 41.5 Å². The van der Waals surface area contributed by atoms with Gasteiger partial charge in [-0.1, -0.05) is 48.5 Å². The number of hydrogen-bond donors (Lipinski definition) is 3. The van der Waals surface area contributed by atoms with Crippen LogP contribution in [0, 0.1) is 0 Å². The molecule has 5 nitrogen and oxygen atoms in total. The molecule has 0 saturated carbocycles. The van der Waals surface area contributed by atoms with Crippen LogP contribution in [0.5, 0.6) is 0 Å². The van der Waals surface area contributed by atoms with E-state index in [2.05, 4.69) is 53.2 Å². The summed E-state index contributed by atoms with van der Waals surface area (Å²) >= 11 is 0. The highest BCUT2D eigenvalue weighted by Gasteiger charge is 2.24. The topological polar surface area (TPSA) is 65.5 Å². The third kappa shape index (κ3) is 6.23. The molecule has 144 valence electrons. The third-order valence-corrected chi connectivity index (χ3v) is 4.47. The SMILES string of the molecule is CCNC(=NCC1CC(=O)Nc2ccccc21)NCCc1ccccc1.I. The molecular weight excluding hydrogens is 451 g/mol. The minimum atomic E-state index is 0. The van der Waals surface area contributed by atoms with Gasteiger partial charge in [-0.15, -0.1) is 24.0 Å². The molecule has 3 N–H and O–H groups in total. The number of benzene rings is 2. The van der Waals surface area contributed by atoms with Crippen LogP contribution in [-0.4, -0.2) is 31.5 Å². The van der Waals surface area contributed by atoms with Gasteiger partial charge in [0, 0.05) is 31.1 Å². The van der Waals surface area contributed by atoms with Crippen LogP contribution in [0.15, 0.2) is 59.6 Å². The van der Waals surface area contributed by atoms with Crippen molar-refractivity contribution in [3.05, 3.63) is 65.7 Å². The summed E-state index contributed by atoms with van der Waals surface area (Å²) in [5, 5.41) is 9.60. The van der Waals surface area contributed by atoms with E-state index >= 15 is 0 Å². The number of nitrogens with one attached hydrogen (secondary N) is 3. The number of nitrogens with zero attached hydrogens (tertiary/aromatic N) is 1. The molecule has 0 fully saturated rings. The van der Waals surface area contributed by atoms with E-state index in [0.29, 0.717) is 13.0 Å². The van der Waals surface area contributed by atoms with Crippen molar-refractivity contribution in [3.63, 3.8) is 0 Å². The number of guanidine groups is 1. The maximum absolute atomic E-state index is 11.9. The van der Waals surface area contributed by atoms with Crippen LogP contribution in [0.25, 0.3) is 0 Å². The summed E-state index contributed by atoms with van der Waals surface area (Å²) in [5.74, 6) is 0.974. The number of hydrogen-bond acceptors (Lipinski definition) is 2. The average Bonchev–Trinajstić information content (AvgIpc) is 2.66. The maximum Gasteiger partial charge on any atom is 0.225 e. The van der Waals surface area contributed by atoms with Crippen molar-refractivity contribution < 1.29 is 4.79 Å². The highest BCUT2D eigenvalue weighted by atomic mass is 127. The van der Waals surface area contributed by atoms with Gasteiger partial charge in [0.05, 0.1) is 6.54 Å². The van der Waals surface area contributed by atoms with E-state index in [0.717, 1.165) is 36.7 Å². The van der Waals surface area contributed by atoms with Crippen LogP contribution in [-0.2, 0) is 11.2 Å². The van der Waals surface area contributed by atoms with Crippen molar-refractivity contribution in [1.29, 1.82) is 0 Å². The van der Waals surface area contributed by atoms with E-state index in [1.807, 2.05) is 24.3 Å². The predicted octanol–water partition coefficient (Wildman–Crippen LogP) is 3.53. The molecule has 0 aliphatic carbocycles. The van der Waals surface area contributed by atoms with Crippen LogP contribution in [0.3, 0.4) is 0 Å². The van der Waals surface area contributed by atoms with E-state index in [9.17, 15) is 4.79 Å². The Kier molecular flexibility index (Phi) is 8.57. The maximum atomic E-state index is 11.9. The Morgan fingerprint density at radius 1 is 1.11 bits per heavy atom. The quantitative estimate of drug-likeness (QED) is 0.338. The molecule has 3 rings (SSSR count). The first-order valence-electron chi connectivity index (χ1n) is 9.21. The van der Waals surface area contributed by atoms with E-state index < -0.39 is 0 Å². The van der Waals surface area contributed by atoms with Crippen LogP contribution in [0.2, 0.25) is 0 Å². The number of amides is 1. The molecule has 0 spiro atoms. The zero-order valence-corrected chi connectivity index (χ0v) is 17.9. The Hall–Kier alpha value is -2.09. The Morgan fingerprint density at radius 3 is 2.63 bits per heavy atom. The first kappa shape index (κ1) is 21.2. The predicted molar refractivity (Wildman–Crippen MR) is 122 cm³/mol. The van der Waals surface area contributed by atoms with E-state index in [4.69, 9.17) is 4.99 Å². The second-order valence-corrected chi connectivity index (χ2v) is 6.42. The summed E-state index contributed by atoms with van der Waals surface area (Å²) in [6.45, 7) is 4.26. The minimum absolute atomic E-state index is 0. The molecule has 1 aliphatic rings. The van der Waals surface area contributed by atoms with Crippen LogP contribution < -0.4 is 16.0 Å². The van der Waals surface area contributed by atoms with Gasteiger partial charge in [0.2, 0.25) is 5.91 Å². The number of carbonyl (C=O) groups excluding carboxylic acids is 1. The minimum Gasteiger partial charge on any atom is -0.357 e. The molecular formula is C21H27IN4O. The highest BCUT2D eigenvalue weighted by Crippen LogP contribution is 2.31. The number of carbonyl (C=O) groups is 1. The lowest BCUT2D eigenvalue weighted by Crippen LogP contribution is -2.38. The lowest BCUT2D eigenvalue weighted by atomic mass is 9.91. The fraction of sp³-hybridized carbons (Fsp3) is 0.333. The van der Waals surface area contributed by atoms with Gasteiger partial charge in [-0.25, -0.2) is 0 Å². The van der Waals surface area contributed by atoms with E-state index in [1.54, 1.807) is 0 Å². The van der Waals surface area contributed by atoms with Crippen molar-refractivity contribution in [2.75, 3.05) is 25.0 Å². The smallest absolute Gasteiger partial charge is 0.225 e. The zero-order valence-electron chi connectivity index (χ0n) is 15.6. The largest absolute Gasteiger partial charge is 0.357 e. The standard InChI is InChI=1S/C21H26N4O.HI/c1-2-22-21(23-13-12-16-8-4-3-5-9-16)24-15-17-14-20(26)25-19-11-7-6-10-18(17)19;/h3-11,17H,2,12-15H2,1H3,(H,25,26)(H2,22,23,24);1H. The fourth-order valence-corrected chi connectivity index (χ4v) is 3.18. The Morgan fingerprint density at radius 2 is 1.85 bits per heavy atom. The fourth-order valence-electron chi connectivity index (χ4n) is 3.18. The molecule has 1 atom stereocenters. The average molecular weight is 478 g/mol. The molecule has 2 aromatic rings. The van der Waals surface area contributed by atoms with Gasteiger partial charge >= 0.3 is 0 Å². The van der Waals surface area contributed by atoms with Crippen LogP contribution in [0.4, 0.5) is 5.69 Å². The number of aliphatic imine (C=N–C) groups is 1. The van der Waals surface area contributed by atoms with Crippen LogP contribution >= 0.6 is 24.0 Å². The molecule has 0 radical (unpaired) electrons. The van der Waals surface area contributed by atoms with Gasteiger partial charge in [-0.05, 0) is 30.5 Å². The van der Waals surface area contributed by atoms with Gasteiger partial charge in [0.25, 0.3) is 0 Å². The van der Waals surface area contributed by atoms with E-state index in [1.165, 1.54) is 5.56 Å². The first-order valence-corrected chi connectivity index (χ1v) is 9.21. The lowest BCUT2D eigenvalue weighted by Gasteiger charge is -2.24. The summed E-state index contributed by atoms with van der Waals surface area (Å²) in [7, 11) is 0. The highest BCUT2D eigenvalue weighted by molar-refractivity contribution is 14.0. The van der Waals surface area contributed by atoms with Crippen molar-refractivity contribution in [1.82, 2.24) is 10.6 Å². The molecule has 0 saturated heterocycles. The summed E-state index contributed by atoms with van der Waals surface area (Å²) in [5.41, 5.74) is 3.37. The number of anilines is 1. The molecule has 27 heavy (non-hydrogen) atoms. The lowest BCUT2D eigenvalue weighted by molar-refractivity contribution is -0.116. The molecule has 1 heterocycles. The van der Waals surface area contributed by atoms with Gasteiger partial charge < -0.3 is 16.0 Å². The summed E-state index contributed by atoms with van der Waals surface area (Å²) in [4.78, 5) is 16.7. The first-order chi connectivity index (χ1) is 12.8. The Labute approximate surface area is 178 Å². The second-order valence-electron chi connectivity index (χ2n) is 6.42. The molecule has 0 bridgehead atoms. The van der Waals surface area contributed by atoms with Crippen LogP contribution in [0.1, 0.15) is 30.4 Å². The molecule has 2 aromatic carbocycles. The van der Waals surface area contributed by atoms with Gasteiger partial charge in [0.15, 0.2) is 5.96 Å². The third-order valence-electron chi connectivity index (χ3n) is 4.47.